The first kappa shape index (κ1) is 23.7. The summed E-state index contributed by atoms with van der Waals surface area (Å²) in [4.78, 5) is 27.9. The van der Waals surface area contributed by atoms with E-state index in [1.165, 1.54) is 30.2 Å². The maximum Gasteiger partial charge on any atom is 0.300 e. The van der Waals surface area contributed by atoms with E-state index in [1.807, 2.05) is 19.9 Å². The van der Waals surface area contributed by atoms with E-state index in [0.29, 0.717) is 16.3 Å². The summed E-state index contributed by atoms with van der Waals surface area (Å²) in [5.74, 6) is -1.97. The molecule has 3 aromatic rings. The molecule has 1 atom stereocenters. The molecular formula is C26H21Cl2NO5. The molecule has 1 saturated heterocycles. The van der Waals surface area contributed by atoms with Crippen molar-refractivity contribution < 1.29 is 24.5 Å². The van der Waals surface area contributed by atoms with Gasteiger partial charge in [0.2, 0.25) is 0 Å². The number of carbonyl (C=O) groups excluding carboxylic acids is 2. The van der Waals surface area contributed by atoms with Gasteiger partial charge >= 0.3 is 0 Å². The Kier molecular flexibility index (Phi) is 6.30. The van der Waals surface area contributed by atoms with Crippen molar-refractivity contribution in [2.24, 2.45) is 0 Å². The van der Waals surface area contributed by atoms with Crippen LogP contribution in [0.25, 0.3) is 5.76 Å². The lowest BCUT2D eigenvalue weighted by atomic mass is 9.94. The standard InChI is InChI=1S/C26H21Cl2NO5/c1-13-4-7-17(10-14(13)2)29-23(15-5-8-20(30)19(28)11-15)22(25(32)26(29)33)24(31)18-12-16(27)6-9-21(18)34-3/h4-12,23,30-31H,1-3H3/b24-22+. The van der Waals surface area contributed by atoms with Crippen molar-refractivity contribution in [1.29, 1.82) is 0 Å². The number of aliphatic hydroxyl groups is 1. The number of carbonyl (C=O) groups is 2. The molecule has 3 aromatic carbocycles. The molecule has 174 valence electrons. The molecule has 1 fully saturated rings. The summed E-state index contributed by atoms with van der Waals surface area (Å²) < 4.78 is 5.34. The van der Waals surface area contributed by atoms with Gasteiger partial charge in [0.05, 0.1) is 29.3 Å². The molecule has 4 rings (SSSR count). The quantitative estimate of drug-likeness (QED) is 0.264. The number of Topliss-reactive ketones (excluding diaryl/α,β-unsaturated/α-hetero) is 1. The lowest BCUT2D eigenvalue weighted by Gasteiger charge is -2.26. The summed E-state index contributed by atoms with van der Waals surface area (Å²) in [5.41, 5.74) is 2.89. The highest BCUT2D eigenvalue weighted by Crippen LogP contribution is 2.45. The molecule has 0 aromatic heterocycles. The number of aryl methyl sites for hydroxylation is 2. The Labute approximate surface area is 206 Å². The molecule has 1 aliphatic heterocycles. The predicted molar refractivity (Wildman–Crippen MR) is 132 cm³/mol. The second-order valence-electron chi connectivity index (χ2n) is 7.99. The number of phenols is 1. The van der Waals surface area contributed by atoms with Gasteiger partial charge in [-0.3, -0.25) is 14.5 Å². The summed E-state index contributed by atoms with van der Waals surface area (Å²) in [6.07, 6.45) is 0. The van der Waals surface area contributed by atoms with Crippen LogP contribution >= 0.6 is 23.2 Å². The van der Waals surface area contributed by atoms with Crippen LogP contribution < -0.4 is 9.64 Å². The number of benzene rings is 3. The second kappa shape index (κ2) is 9.05. The third-order valence-electron chi connectivity index (χ3n) is 5.92. The van der Waals surface area contributed by atoms with Crippen molar-refractivity contribution in [2.75, 3.05) is 12.0 Å². The molecule has 0 spiro atoms. The highest BCUT2D eigenvalue weighted by atomic mass is 35.5. The zero-order valence-corrected chi connectivity index (χ0v) is 20.1. The topological polar surface area (TPSA) is 87.1 Å². The average Bonchev–Trinajstić information content (AvgIpc) is 3.07. The van der Waals surface area contributed by atoms with Crippen molar-refractivity contribution >= 4 is 46.3 Å². The molecule has 1 unspecified atom stereocenters. The van der Waals surface area contributed by atoms with Gasteiger partial charge in [0.15, 0.2) is 0 Å². The van der Waals surface area contributed by atoms with Gasteiger partial charge in [0, 0.05) is 10.7 Å². The van der Waals surface area contributed by atoms with E-state index >= 15 is 0 Å². The van der Waals surface area contributed by atoms with E-state index in [2.05, 4.69) is 0 Å². The summed E-state index contributed by atoms with van der Waals surface area (Å²) in [5, 5.41) is 21.6. The Morgan fingerprint density at radius 2 is 1.71 bits per heavy atom. The highest BCUT2D eigenvalue weighted by Gasteiger charge is 2.47. The minimum atomic E-state index is -1.01. The molecule has 0 radical (unpaired) electrons. The van der Waals surface area contributed by atoms with Gasteiger partial charge in [-0.2, -0.15) is 0 Å². The van der Waals surface area contributed by atoms with Gasteiger partial charge in [-0.1, -0.05) is 35.3 Å². The van der Waals surface area contributed by atoms with Gasteiger partial charge in [-0.15, -0.1) is 0 Å². The van der Waals surface area contributed by atoms with Crippen LogP contribution in [0.4, 0.5) is 5.69 Å². The van der Waals surface area contributed by atoms with E-state index in [-0.39, 0.29) is 27.7 Å². The number of halogens is 2. The monoisotopic (exact) mass is 497 g/mol. The number of ether oxygens (including phenoxy) is 1. The fourth-order valence-corrected chi connectivity index (χ4v) is 4.35. The number of methoxy groups -OCH3 is 1. The van der Waals surface area contributed by atoms with Crippen molar-refractivity contribution in [2.45, 2.75) is 19.9 Å². The largest absolute Gasteiger partial charge is 0.507 e. The van der Waals surface area contributed by atoms with E-state index in [1.54, 1.807) is 30.3 Å². The van der Waals surface area contributed by atoms with Gasteiger partial charge in [0.1, 0.15) is 17.3 Å². The molecule has 0 aliphatic carbocycles. The van der Waals surface area contributed by atoms with E-state index < -0.39 is 23.5 Å². The average molecular weight is 498 g/mol. The zero-order chi connectivity index (χ0) is 24.7. The predicted octanol–water partition coefficient (Wildman–Crippen LogP) is 5.95. The van der Waals surface area contributed by atoms with E-state index in [9.17, 15) is 19.8 Å². The molecule has 0 saturated carbocycles. The molecule has 0 bridgehead atoms. The number of ketones is 1. The first-order valence-electron chi connectivity index (χ1n) is 10.3. The normalized spacial score (nSPS) is 17.3. The molecule has 1 amide bonds. The maximum atomic E-state index is 13.3. The van der Waals surface area contributed by atoms with Crippen LogP contribution in [0.15, 0.2) is 60.2 Å². The van der Waals surface area contributed by atoms with Crippen molar-refractivity contribution in [3.8, 4) is 11.5 Å². The Bertz CT molecular complexity index is 1370. The highest BCUT2D eigenvalue weighted by molar-refractivity contribution is 6.51. The summed E-state index contributed by atoms with van der Waals surface area (Å²) in [6.45, 7) is 3.84. The Balaban J connectivity index is 2.01. The van der Waals surface area contributed by atoms with Crippen LogP contribution in [0, 0.1) is 13.8 Å². The third-order valence-corrected chi connectivity index (χ3v) is 6.46. The molecule has 1 aliphatic rings. The van der Waals surface area contributed by atoms with Gasteiger partial charge in [-0.05, 0) is 73.0 Å². The summed E-state index contributed by atoms with van der Waals surface area (Å²) in [7, 11) is 1.42. The van der Waals surface area contributed by atoms with E-state index in [4.69, 9.17) is 27.9 Å². The molecule has 1 heterocycles. The van der Waals surface area contributed by atoms with Gasteiger partial charge in [0.25, 0.3) is 11.7 Å². The molecule has 34 heavy (non-hydrogen) atoms. The van der Waals surface area contributed by atoms with Crippen LogP contribution in [0.3, 0.4) is 0 Å². The Morgan fingerprint density at radius 1 is 0.971 bits per heavy atom. The number of aliphatic hydroxyl groups excluding tert-OH is 1. The van der Waals surface area contributed by atoms with Crippen LogP contribution in [0.5, 0.6) is 11.5 Å². The summed E-state index contributed by atoms with van der Waals surface area (Å²) in [6, 6.07) is 13.4. The fraction of sp³-hybridized carbons (Fsp3) is 0.154. The second-order valence-corrected chi connectivity index (χ2v) is 8.84. The minimum absolute atomic E-state index is 0.0449. The molecule has 2 N–H and O–H groups in total. The SMILES string of the molecule is COc1ccc(Cl)cc1/C(O)=C1\C(=O)C(=O)N(c2ccc(C)c(C)c2)C1c1ccc(O)c(Cl)c1. The number of aromatic hydroxyl groups is 1. The third kappa shape index (κ3) is 4.00. The van der Waals surface area contributed by atoms with Crippen LogP contribution in [0.1, 0.15) is 28.3 Å². The minimum Gasteiger partial charge on any atom is -0.507 e. The van der Waals surface area contributed by atoms with Crippen LogP contribution in [0.2, 0.25) is 10.0 Å². The Morgan fingerprint density at radius 3 is 2.35 bits per heavy atom. The maximum absolute atomic E-state index is 13.3. The number of hydrogen-bond acceptors (Lipinski definition) is 5. The summed E-state index contributed by atoms with van der Waals surface area (Å²) >= 11 is 12.3. The van der Waals surface area contributed by atoms with Crippen molar-refractivity contribution in [1.82, 2.24) is 0 Å². The smallest absolute Gasteiger partial charge is 0.300 e. The Hall–Kier alpha value is -3.48. The van der Waals surface area contributed by atoms with E-state index in [0.717, 1.165) is 11.1 Å². The number of phenolic OH excluding ortho intramolecular Hbond substituents is 1. The fourth-order valence-electron chi connectivity index (χ4n) is 3.99. The first-order chi connectivity index (χ1) is 16.1. The first-order valence-corrected chi connectivity index (χ1v) is 11.1. The number of rotatable bonds is 4. The zero-order valence-electron chi connectivity index (χ0n) is 18.6. The number of hydrogen-bond donors (Lipinski definition) is 2. The van der Waals surface area contributed by atoms with Crippen LogP contribution in [-0.4, -0.2) is 29.0 Å². The molecule has 8 heteroatoms. The number of anilines is 1. The molecular weight excluding hydrogens is 477 g/mol. The number of nitrogens with zero attached hydrogens (tertiary/aromatic N) is 1. The van der Waals surface area contributed by atoms with Crippen molar-refractivity contribution in [3.05, 3.63) is 92.5 Å². The van der Waals surface area contributed by atoms with Gasteiger partial charge < -0.3 is 14.9 Å². The lowest BCUT2D eigenvalue weighted by Crippen LogP contribution is -2.29. The lowest BCUT2D eigenvalue weighted by molar-refractivity contribution is -0.132. The number of amides is 1. The molecule has 6 nitrogen and oxygen atoms in total. The van der Waals surface area contributed by atoms with Crippen molar-refractivity contribution in [3.63, 3.8) is 0 Å². The van der Waals surface area contributed by atoms with Crippen LogP contribution in [-0.2, 0) is 9.59 Å². The van der Waals surface area contributed by atoms with Gasteiger partial charge in [-0.25, -0.2) is 0 Å².